The number of hydrogen-bond donors (Lipinski definition) is 1. The molecule has 0 saturated carbocycles. The summed E-state index contributed by atoms with van der Waals surface area (Å²) >= 11 is 0. The van der Waals surface area contributed by atoms with E-state index in [0.29, 0.717) is 6.04 Å². The van der Waals surface area contributed by atoms with Gasteiger partial charge in [-0.25, -0.2) is 0 Å². The van der Waals surface area contributed by atoms with E-state index in [1.807, 2.05) is 6.92 Å². The maximum atomic E-state index is 12.5. The lowest BCUT2D eigenvalue weighted by Crippen LogP contribution is -2.51. The van der Waals surface area contributed by atoms with Gasteiger partial charge in [-0.3, -0.25) is 10.1 Å². The van der Waals surface area contributed by atoms with E-state index in [2.05, 4.69) is 36.0 Å². The van der Waals surface area contributed by atoms with Crippen LogP contribution in [-0.4, -0.2) is 53.6 Å². The zero-order valence-electron chi connectivity index (χ0n) is 11.5. The number of carbonyl (C=O) groups is 1. The van der Waals surface area contributed by atoms with Gasteiger partial charge in [0.1, 0.15) is 0 Å². The predicted molar refractivity (Wildman–Crippen MR) is 68.7 cm³/mol. The van der Waals surface area contributed by atoms with E-state index in [1.54, 1.807) is 0 Å². The van der Waals surface area contributed by atoms with Crippen molar-refractivity contribution in [3.63, 3.8) is 0 Å². The molecule has 2 heterocycles. The van der Waals surface area contributed by atoms with Crippen molar-refractivity contribution in [3.8, 4) is 0 Å². The Morgan fingerprint density at radius 3 is 2.76 bits per heavy atom. The van der Waals surface area contributed by atoms with Gasteiger partial charge in [0.05, 0.1) is 11.7 Å². The number of nitrogens with one attached hydrogen (secondary N) is 1. The SMILES string of the molecule is CCC1(C)NC(C)N(C2CCCN(C)C2)C1=O. The Kier molecular flexibility index (Phi) is 3.46. The summed E-state index contributed by atoms with van der Waals surface area (Å²) < 4.78 is 0. The molecule has 0 aromatic carbocycles. The van der Waals surface area contributed by atoms with Crippen LogP contribution in [0.3, 0.4) is 0 Å². The summed E-state index contributed by atoms with van der Waals surface area (Å²) in [6.07, 6.45) is 3.36. The van der Waals surface area contributed by atoms with Crippen molar-refractivity contribution in [2.24, 2.45) is 0 Å². The summed E-state index contributed by atoms with van der Waals surface area (Å²) in [5.41, 5.74) is -0.352. The molecular weight excluding hydrogens is 214 g/mol. The molecular formula is C13H25N3O. The van der Waals surface area contributed by atoms with Gasteiger partial charge in [0.15, 0.2) is 0 Å². The van der Waals surface area contributed by atoms with E-state index in [0.717, 1.165) is 25.9 Å². The molecule has 3 unspecified atom stereocenters. The summed E-state index contributed by atoms with van der Waals surface area (Å²) in [5.74, 6) is 0.285. The number of amides is 1. The third-order valence-electron chi connectivity index (χ3n) is 4.35. The van der Waals surface area contributed by atoms with Gasteiger partial charge in [0.2, 0.25) is 5.91 Å². The lowest BCUT2D eigenvalue weighted by molar-refractivity contribution is -0.135. The Morgan fingerprint density at radius 2 is 2.24 bits per heavy atom. The molecule has 2 saturated heterocycles. The van der Waals surface area contributed by atoms with Crippen LogP contribution >= 0.6 is 0 Å². The number of nitrogens with zero attached hydrogens (tertiary/aromatic N) is 2. The van der Waals surface area contributed by atoms with Gasteiger partial charge in [-0.1, -0.05) is 6.92 Å². The third kappa shape index (κ3) is 2.20. The van der Waals surface area contributed by atoms with Crippen LogP contribution in [0.15, 0.2) is 0 Å². The van der Waals surface area contributed by atoms with Crippen LogP contribution in [0.4, 0.5) is 0 Å². The Bertz CT molecular complexity index is 307. The first-order valence-electron chi connectivity index (χ1n) is 6.77. The maximum Gasteiger partial charge on any atom is 0.244 e. The topological polar surface area (TPSA) is 35.6 Å². The van der Waals surface area contributed by atoms with Gasteiger partial charge in [0.25, 0.3) is 0 Å². The van der Waals surface area contributed by atoms with Crippen molar-refractivity contribution in [3.05, 3.63) is 0 Å². The molecule has 0 radical (unpaired) electrons. The zero-order chi connectivity index (χ0) is 12.6. The molecule has 17 heavy (non-hydrogen) atoms. The fraction of sp³-hybridized carbons (Fsp3) is 0.923. The zero-order valence-corrected chi connectivity index (χ0v) is 11.5. The minimum atomic E-state index is -0.352. The van der Waals surface area contributed by atoms with Gasteiger partial charge in [-0.2, -0.15) is 0 Å². The van der Waals surface area contributed by atoms with E-state index in [9.17, 15) is 4.79 Å². The molecule has 98 valence electrons. The second kappa shape index (κ2) is 4.58. The Morgan fingerprint density at radius 1 is 1.53 bits per heavy atom. The lowest BCUT2D eigenvalue weighted by atomic mass is 9.97. The molecule has 2 rings (SSSR count). The minimum absolute atomic E-state index is 0.170. The first-order chi connectivity index (χ1) is 7.98. The highest BCUT2D eigenvalue weighted by Gasteiger charge is 2.47. The summed E-state index contributed by atoms with van der Waals surface area (Å²) in [4.78, 5) is 16.9. The second-order valence-electron chi connectivity index (χ2n) is 5.78. The number of likely N-dealkylation sites (tertiary alicyclic amines) is 1. The molecule has 0 aromatic heterocycles. The van der Waals surface area contributed by atoms with Crippen LogP contribution in [0, 0.1) is 0 Å². The average Bonchev–Trinajstić information content (AvgIpc) is 2.50. The van der Waals surface area contributed by atoms with E-state index in [1.165, 1.54) is 6.42 Å². The van der Waals surface area contributed by atoms with E-state index in [4.69, 9.17) is 0 Å². The number of rotatable bonds is 2. The normalized spacial score (nSPS) is 40.0. The first-order valence-corrected chi connectivity index (χ1v) is 6.77. The number of likely N-dealkylation sites (N-methyl/N-ethyl adjacent to an activating group) is 1. The smallest absolute Gasteiger partial charge is 0.244 e. The largest absolute Gasteiger partial charge is 0.322 e. The van der Waals surface area contributed by atoms with Crippen molar-refractivity contribution < 1.29 is 4.79 Å². The van der Waals surface area contributed by atoms with Crippen molar-refractivity contribution in [2.45, 2.75) is 57.8 Å². The van der Waals surface area contributed by atoms with Crippen LogP contribution in [-0.2, 0) is 4.79 Å². The molecule has 2 aliphatic rings. The molecule has 4 heteroatoms. The predicted octanol–water partition coefficient (Wildman–Crippen LogP) is 1.03. The lowest BCUT2D eigenvalue weighted by Gasteiger charge is -2.37. The Hall–Kier alpha value is -0.610. The molecule has 1 N–H and O–H groups in total. The van der Waals surface area contributed by atoms with E-state index in [-0.39, 0.29) is 17.6 Å². The van der Waals surface area contributed by atoms with Crippen LogP contribution in [0.25, 0.3) is 0 Å². The highest BCUT2D eigenvalue weighted by atomic mass is 16.2. The molecule has 0 spiro atoms. The maximum absolute atomic E-state index is 12.5. The summed E-state index contributed by atoms with van der Waals surface area (Å²) in [5, 5.41) is 3.45. The van der Waals surface area contributed by atoms with Crippen LogP contribution in [0.2, 0.25) is 0 Å². The molecule has 1 amide bonds. The van der Waals surface area contributed by atoms with Crippen molar-refractivity contribution in [1.82, 2.24) is 15.1 Å². The van der Waals surface area contributed by atoms with Crippen LogP contribution in [0.1, 0.15) is 40.0 Å². The molecule has 2 fully saturated rings. The number of hydrogen-bond acceptors (Lipinski definition) is 3. The summed E-state index contributed by atoms with van der Waals surface area (Å²) in [6, 6.07) is 0.386. The number of carbonyl (C=O) groups excluding carboxylic acids is 1. The quantitative estimate of drug-likeness (QED) is 0.782. The number of piperidine rings is 1. The van der Waals surface area contributed by atoms with Crippen molar-refractivity contribution in [2.75, 3.05) is 20.1 Å². The molecule has 0 aromatic rings. The van der Waals surface area contributed by atoms with Gasteiger partial charge < -0.3 is 9.80 Å². The highest BCUT2D eigenvalue weighted by molar-refractivity contribution is 5.88. The fourth-order valence-electron chi connectivity index (χ4n) is 3.15. The van der Waals surface area contributed by atoms with Crippen LogP contribution < -0.4 is 5.32 Å². The Balaban J connectivity index is 2.13. The van der Waals surface area contributed by atoms with Crippen molar-refractivity contribution in [1.29, 1.82) is 0 Å². The molecule has 4 nitrogen and oxygen atoms in total. The van der Waals surface area contributed by atoms with Gasteiger partial charge in [0, 0.05) is 12.6 Å². The van der Waals surface area contributed by atoms with Gasteiger partial charge >= 0.3 is 0 Å². The minimum Gasteiger partial charge on any atom is -0.322 e. The highest BCUT2D eigenvalue weighted by Crippen LogP contribution is 2.28. The van der Waals surface area contributed by atoms with Crippen LogP contribution in [0.5, 0.6) is 0 Å². The standard InChI is InChI=1S/C13H25N3O/c1-5-13(3)12(17)16(10(2)14-13)11-7-6-8-15(4)9-11/h10-11,14H,5-9H2,1-4H3. The molecule has 3 atom stereocenters. The van der Waals surface area contributed by atoms with E-state index < -0.39 is 0 Å². The Labute approximate surface area is 104 Å². The van der Waals surface area contributed by atoms with Crippen molar-refractivity contribution >= 4 is 5.91 Å². The van der Waals surface area contributed by atoms with E-state index >= 15 is 0 Å². The average molecular weight is 239 g/mol. The second-order valence-corrected chi connectivity index (χ2v) is 5.78. The monoisotopic (exact) mass is 239 g/mol. The molecule has 2 aliphatic heterocycles. The first kappa shape index (κ1) is 12.8. The van der Waals surface area contributed by atoms with Gasteiger partial charge in [-0.05, 0) is 46.7 Å². The molecule has 0 aliphatic carbocycles. The molecule has 0 bridgehead atoms. The third-order valence-corrected chi connectivity index (χ3v) is 4.35. The summed E-state index contributed by atoms with van der Waals surface area (Å²) in [6.45, 7) is 8.38. The fourth-order valence-corrected chi connectivity index (χ4v) is 3.15. The van der Waals surface area contributed by atoms with Gasteiger partial charge in [-0.15, -0.1) is 0 Å². The summed E-state index contributed by atoms with van der Waals surface area (Å²) in [7, 11) is 2.14.